The molecule has 2 aromatic carbocycles. The van der Waals surface area contributed by atoms with Gasteiger partial charge in [0.2, 0.25) is 0 Å². The van der Waals surface area contributed by atoms with E-state index in [0.717, 1.165) is 25.2 Å². The van der Waals surface area contributed by atoms with Gasteiger partial charge >= 0.3 is 0 Å². The van der Waals surface area contributed by atoms with Crippen molar-refractivity contribution in [1.82, 2.24) is 9.97 Å². The van der Waals surface area contributed by atoms with Gasteiger partial charge in [0.15, 0.2) is 0 Å². The van der Waals surface area contributed by atoms with Crippen molar-refractivity contribution in [2.45, 2.75) is 9.92 Å². The molecule has 0 saturated carbocycles. The molecule has 0 spiro atoms. The molecular formula is C18H11ClN2S2. The lowest BCUT2D eigenvalue weighted by Gasteiger charge is -2.05. The highest BCUT2D eigenvalue weighted by atomic mass is 35.5. The molecular weight excluding hydrogens is 344 g/mol. The summed E-state index contributed by atoms with van der Waals surface area (Å²) < 4.78 is 0. The number of aromatic nitrogens is 2. The lowest BCUT2D eigenvalue weighted by Crippen LogP contribution is -1.85. The van der Waals surface area contributed by atoms with Gasteiger partial charge in [-0.25, -0.2) is 9.97 Å². The third-order valence-electron chi connectivity index (χ3n) is 3.45. The number of benzene rings is 2. The molecule has 0 unspecified atom stereocenters. The Hall–Kier alpha value is -1.88. The van der Waals surface area contributed by atoms with Gasteiger partial charge in [-0.15, -0.1) is 11.3 Å². The SMILES string of the molecule is Clc1ccc(Sc2ncnc3scc(-c4ccccc4)c23)cc1. The fourth-order valence-corrected chi connectivity index (χ4v) is 4.38. The zero-order chi connectivity index (χ0) is 15.6. The van der Waals surface area contributed by atoms with Crippen LogP contribution >= 0.6 is 34.7 Å². The second-order valence-electron chi connectivity index (χ2n) is 4.93. The van der Waals surface area contributed by atoms with Crippen LogP contribution in [0.5, 0.6) is 0 Å². The van der Waals surface area contributed by atoms with Crippen LogP contribution in [-0.2, 0) is 0 Å². The van der Waals surface area contributed by atoms with Crippen molar-refractivity contribution in [2.24, 2.45) is 0 Å². The molecule has 4 aromatic rings. The van der Waals surface area contributed by atoms with E-state index in [0.29, 0.717) is 0 Å². The minimum atomic E-state index is 0.739. The van der Waals surface area contributed by atoms with Crippen LogP contribution in [0.3, 0.4) is 0 Å². The van der Waals surface area contributed by atoms with Gasteiger partial charge in [0.1, 0.15) is 16.2 Å². The normalized spacial score (nSPS) is 11.0. The molecule has 2 aromatic heterocycles. The van der Waals surface area contributed by atoms with Gasteiger partial charge in [0.25, 0.3) is 0 Å². The fourth-order valence-electron chi connectivity index (χ4n) is 2.37. The summed E-state index contributed by atoms with van der Waals surface area (Å²) in [4.78, 5) is 11.0. The lowest BCUT2D eigenvalue weighted by molar-refractivity contribution is 1.11. The van der Waals surface area contributed by atoms with Gasteiger partial charge in [-0.3, -0.25) is 0 Å². The first-order valence-electron chi connectivity index (χ1n) is 7.02. The number of thiophene rings is 1. The zero-order valence-corrected chi connectivity index (χ0v) is 14.3. The lowest BCUT2D eigenvalue weighted by atomic mass is 10.1. The molecule has 4 rings (SSSR count). The van der Waals surface area contributed by atoms with Gasteiger partial charge in [-0.1, -0.05) is 53.7 Å². The van der Waals surface area contributed by atoms with Crippen molar-refractivity contribution in [3.8, 4) is 11.1 Å². The Balaban J connectivity index is 1.83. The molecule has 5 heteroatoms. The number of rotatable bonds is 3. The van der Waals surface area contributed by atoms with Crippen molar-refractivity contribution >= 4 is 44.9 Å². The third kappa shape index (κ3) is 2.98. The Morgan fingerprint density at radius 1 is 0.913 bits per heavy atom. The van der Waals surface area contributed by atoms with E-state index in [1.54, 1.807) is 29.4 Å². The number of hydrogen-bond donors (Lipinski definition) is 0. The molecule has 112 valence electrons. The van der Waals surface area contributed by atoms with E-state index in [1.165, 1.54) is 11.1 Å². The quantitative estimate of drug-likeness (QED) is 0.412. The van der Waals surface area contributed by atoms with Crippen LogP contribution in [0, 0.1) is 0 Å². The van der Waals surface area contributed by atoms with E-state index in [4.69, 9.17) is 11.6 Å². The summed E-state index contributed by atoms with van der Waals surface area (Å²) >= 11 is 9.25. The second kappa shape index (κ2) is 6.32. The Labute approximate surface area is 147 Å². The summed E-state index contributed by atoms with van der Waals surface area (Å²) in [5.74, 6) is 0. The van der Waals surface area contributed by atoms with Crippen molar-refractivity contribution in [3.05, 3.63) is 71.3 Å². The monoisotopic (exact) mass is 354 g/mol. The van der Waals surface area contributed by atoms with E-state index in [1.807, 2.05) is 30.3 Å². The zero-order valence-electron chi connectivity index (χ0n) is 11.9. The largest absolute Gasteiger partial charge is 0.229 e. The highest BCUT2D eigenvalue weighted by molar-refractivity contribution is 7.99. The highest BCUT2D eigenvalue weighted by Crippen LogP contribution is 2.40. The van der Waals surface area contributed by atoms with E-state index >= 15 is 0 Å². The van der Waals surface area contributed by atoms with E-state index in [-0.39, 0.29) is 0 Å². The van der Waals surface area contributed by atoms with Gasteiger partial charge in [-0.05, 0) is 29.8 Å². The Bertz CT molecular complexity index is 950. The number of fused-ring (bicyclic) bond motifs is 1. The summed E-state index contributed by atoms with van der Waals surface area (Å²) in [5.41, 5.74) is 2.37. The number of hydrogen-bond acceptors (Lipinski definition) is 4. The maximum atomic E-state index is 5.96. The molecule has 2 heterocycles. The first-order chi connectivity index (χ1) is 11.3. The molecule has 0 saturated heterocycles. The fraction of sp³-hybridized carbons (Fsp3) is 0. The summed E-state index contributed by atoms with van der Waals surface area (Å²) in [5, 5.41) is 4.98. The molecule has 0 aliphatic rings. The van der Waals surface area contributed by atoms with Crippen molar-refractivity contribution < 1.29 is 0 Å². The summed E-state index contributed by atoms with van der Waals surface area (Å²) in [7, 11) is 0. The van der Waals surface area contributed by atoms with Crippen LogP contribution in [0.4, 0.5) is 0 Å². The van der Waals surface area contributed by atoms with Crippen molar-refractivity contribution in [3.63, 3.8) is 0 Å². The molecule has 0 bridgehead atoms. The maximum Gasteiger partial charge on any atom is 0.128 e. The average Bonchev–Trinajstić information content (AvgIpc) is 3.03. The molecule has 0 aliphatic carbocycles. The predicted octanol–water partition coefficient (Wildman–Crippen LogP) is 6.16. The van der Waals surface area contributed by atoms with Gasteiger partial charge < -0.3 is 0 Å². The Kier molecular flexibility index (Phi) is 4.04. The molecule has 2 nitrogen and oxygen atoms in total. The molecule has 0 amide bonds. The van der Waals surface area contributed by atoms with Crippen LogP contribution in [0.2, 0.25) is 5.02 Å². The Morgan fingerprint density at radius 2 is 1.70 bits per heavy atom. The Morgan fingerprint density at radius 3 is 2.48 bits per heavy atom. The van der Waals surface area contributed by atoms with Crippen LogP contribution in [0.25, 0.3) is 21.3 Å². The summed E-state index contributed by atoms with van der Waals surface area (Å²) in [6.45, 7) is 0. The minimum absolute atomic E-state index is 0.739. The van der Waals surface area contributed by atoms with Crippen molar-refractivity contribution in [1.29, 1.82) is 0 Å². The van der Waals surface area contributed by atoms with Crippen LogP contribution in [-0.4, -0.2) is 9.97 Å². The summed E-state index contributed by atoms with van der Waals surface area (Å²) in [6.07, 6.45) is 1.63. The number of halogens is 1. The second-order valence-corrected chi connectivity index (χ2v) is 7.29. The smallest absolute Gasteiger partial charge is 0.128 e. The third-order valence-corrected chi connectivity index (χ3v) is 5.60. The van der Waals surface area contributed by atoms with Crippen molar-refractivity contribution in [2.75, 3.05) is 0 Å². The summed E-state index contributed by atoms with van der Waals surface area (Å²) in [6, 6.07) is 18.2. The maximum absolute atomic E-state index is 5.96. The first-order valence-corrected chi connectivity index (χ1v) is 9.10. The van der Waals surface area contributed by atoms with E-state index < -0.39 is 0 Å². The van der Waals surface area contributed by atoms with Gasteiger partial charge in [0.05, 0.1) is 5.39 Å². The van der Waals surface area contributed by atoms with Gasteiger partial charge in [0, 0.05) is 20.9 Å². The van der Waals surface area contributed by atoms with E-state index in [2.05, 4.69) is 39.6 Å². The molecule has 23 heavy (non-hydrogen) atoms. The molecule has 0 atom stereocenters. The molecule has 0 aliphatic heterocycles. The predicted molar refractivity (Wildman–Crippen MR) is 98.4 cm³/mol. The topological polar surface area (TPSA) is 25.8 Å². The van der Waals surface area contributed by atoms with Gasteiger partial charge in [-0.2, -0.15) is 0 Å². The standard InChI is InChI=1S/C18H11ClN2S2/c19-13-6-8-14(9-7-13)23-18-16-15(12-4-2-1-3-5-12)10-22-17(16)20-11-21-18/h1-11H. The minimum Gasteiger partial charge on any atom is -0.229 e. The molecule has 0 fully saturated rings. The van der Waals surface area contributed by atoms with Crippen LogP contribution in [0.1, 0.15) is 0 Å². The number of nitrogens with zero attached hydrogens (tertiary/aromatic N) is 2. The highest BCUT2D eigenvalue weighted by Gasteiger charge is 2.13. The van der Waals surface area contributed by atoms with E-state index in [9.17, 15) is 0 Å². The molecule has 0 radical (unpaired) electrons. The molecule has 0 N–H and O–H groups in total. The van der Waals surface area contributed by atoms with Crippen LogP contribution < -0.4 is 0 Å². The van der Waals surface area contributed by atoms with Crippen LogP contribution in [0.15, 0.2) is 76.2 Å². The average molecular weight is 355 g/mol. The first kappa shape index (κ1) is 14.7.